The van der Waals surface area contributed by atoms with Gasteiger partial charge < -0.3 is 14.2 Å². The van der Waals surface area contributed by atoms with Gasteiger partial charge in [-0.3, -0.25) is 0 Å². The first-order chi connectivity index (χ1) is 8.72. The van der Waals surface area contributed by atoms with Crippen LogP contribution < -0.4 is 9.47 Å². The van der Waals surface area contributed by atoms with Crippen LogP contribution in [0.5, 0.6) is 11.5 Å². The monoisotopic (exact) mass is 318 g/mol. The molecule has 1 aliphatic carbocycles. The lowest BCUT2D eigenvalue weighted by atomic mass is 10.2. The van der Waals surface area contributed by atoms with Crippen LogP contribution in [0.4, 0.5) is 4.39 Å². The Morgan fingerprint density at radius 3 is 2.72 bits per heavy atom. The van der Waals surface area contributed by atoms with E-state index in [1.165, 1.54) is 7.11 Å². The maximum Gasteiger partial charge on any atom is 0.208 e. The van der Waals surface area contributed by atoms with Gasteiger partial charge >= 0.3 is 0 Å². The van der Waals surface area contributed by atoms with Gasteiger partial charge in [0, 0.05) is 7.11 Å². The molecule has 0 radical (unpaired) electrons. The number of halogens is 2. The maximum atomic E-state index is 14.2. The van der Waals surface area contributed by atoms with Crippen molar-refractivity contribution in [1.29, 1.82) is 0 Å². The number of hydrogen-bond donors (Lipinski definition) is 0. The second kappa shape index (κ2) is 6.38. The smallest absolute Gasteiger partial charge is 0.208 e. The average Bonchev–Trinajstić information content (AvgIpc) is 2.86. The van der Waals surface area contributed by atoms with Gasteiger partial charge in [0.1, 0.15) is 0 Å². The van der Waals surface area contributed by atoms with Crippen LogP contribution in [0.1, 0.15) is 25.7 Å². The molecule has 1 aromatic rings. The summed E-state index contributed by atoms with van der Waals surface area (Å²) in [5, 5.41) is 0. The third-order valence-electron chi connectivity index (χ3n) is 2.93. The third-order valence-corrected chi connectivity index (χ3v) is 3.56. The van der Waals surface area contributed by atoms with Gasteiger partial charge in [-0.2, -0.15) is 4.39 Å². The predicted molar refractivity (Wildman–Crippen MR) is 69.5 cm³/mol. The topological polar surface area (TPSA) is 27.7 Å². The fraction of sp³-hybridized carbons (Fsp3) is 0.538. The highest BCUT2D eigenvalue weighted by Gasteiger charge is 2.21. The van der Waals surface area contributed by atoms with E-state index < -0.39 is 5.82 Å². The Hall–Kier alpha value is -0.810. The molecule has 0 atom stereocenters. The first-order valence-electron chi connectivity index (χ1n) is 5.98. The Kier molecular flexibility index (Phi) is 4.83. The van der Waals surface area contributed by atoms with Gasteiger partial charge in [0.05, 0.1) is 10.6 Å². The molecule has 0 amide bonds. The quantitative estimate of drug-likeness (QED) is 0.771. The summed E-state index contributed by atoms with van der Waals surface area (Å²) in [6, 6.07) is 3.34. The summed E-state index contributed by atoms with van der Waals surface area (Å²) in [6.07, 6.45) is 4.40. The summed E-state index contributed by atoms with van der Waals surface area (Å²) in [6.45, 7) is 0.00238. The molecule has 18 heavy (non-hydrogen) atoms. The van der Waals surface area contributed by atoms with Gasteiger partial charge in [0.25, 0.3) is 0 Å². The van der Waals surface area contributed by atoms with E-state index in [0.717, 1.165) is 25.7 Å². The van der Waals surface area contributed by atoms with E-state index in [2.05, 4.69) is 15.9 Å². The van der Waals surface area contributed by atoms with Gasteiger partial charge in [0.15, 0.2) is 18.3 Å². The zero-order chi connectivity index (χ0) is 13.0. The molecule has 1 aromatic carbocycles. The lowest BCUT2D eigenvalue weighted by molar-refractivity contribution is 0.0470. The second-order valence-electron chi connectivity index (χ2n) is 4.26. The molecule has 0 saturated heterocycles. The van der Waals surface area contributed by atoms with Crippen molar-refractivity contribution in [3.05, 3.63) is 22.4 Å². The summed E-state index contributed by atoms with van der Waals surface area (Å²) in [5.74, 6) is -0.100. The summed E-state index contributed by atoms with van der Waals surface area (Å²) >= 11 is 3.25. The van der Waals surface area contributed by atoms with Crippen molar-refractivity contribution in [3.8, 4) is 11.5 Å². The van der Waals surface area contributed by atoms with Crippen molar-refractivity contribution in [2.24, 2.45) is 0 Å². The Morgan fingerprint density at radius 1 is 1.33 bits per heavy atom. The molecule has 2 rings (SSSR count). The normalized spacial score (nSPS) is 15.9. The molecule has 1 fully saturated rings. The lowest BCUT2D eigenvalue weighted by Gasteiger charge is -2.16. The van der Waals surface area contributed by atoms with Crippen molar-refractivity contribution in [2.75, 3.05) is 13.9 Å². The van der Waals surface area contributed by atoms with Gasteiger partial charge in [-0.05, 0) is 53.7 Å². The highest BCUT2D eigenvalue weighted by Crippen LogP contribution is 2.36. The SMILES string of the molecule is COCOc1c(Br)ccc(OC2CCCC2)c1F. The zero-order valence-corrected chi connectivity index (χ0v) is 11.8. The zero-order valence-electron chi connectivity index (χ0n) is 10.2. The molecular weight excluding hydrogens is 303 g/mol. The minimum Gasteiger partial charge on any atom is -0.487 e. The van der Waals surface area contributed by atoms with Crippen molar-refractivity contribution in [3.63, 3.8) is 0 Å². The second-order valence-corrected chi connectivity index (χ2v) is 5.12. The Morgan fingerprint density at radius 2 is 2.06 bits per heavy atom. The molecule has 100 valence electrons. The number of hydrogen-bond acceptors (Lipinski definition) is 3. The molecule has 0 heterocycles. The van der Waals surface area contributed by atoms with E-state index >= 15 is 0 Å². The number of ether oxygens (including phenoxy) is 3. The van der Waals surface area contributed by atoms with Crippen LogP contribution in [0.25, 0.3) is 0 Å². The number of methoxy groups -OCH3 is 1. The minimum absolute atomic E-state index is 0.00238. The number of rotatable bonds is 5. The molecule has 0 bridgehead atoms. The minimum atomic E-state index is -0.478. The van der Waals surface area contributed by atoms with Crippen molar-refractivity contribution >= 4 is 15.9 Å². The van der Waals surface area contributed by atoms with Crippen LogP contribution >= 0.6 is 15.9 Å². The fourth-order valence-electron chi connectivity index (χ4n) is 2.04. The first kappa shape index (κ1) is 13.6. The maximum absolute atomic E-state index is 14.2. The van der Waals surface area contributed by atoms with E-state index in [4.69, 9.17) is 14.2 Å². The van der Waals surface area contributed by atoms with Crippen molar-refractivity contribution in [2.45, 2.75) is 31.8 Å². The summed E-state index contributed by atoms with van der Waals surface area (Å²) in [4.78, 5) is 0. The van der Waals surface area contributed by atoms with E-state index in [0.29, 0.717) is 4.47 Å². The predicted octanol–water partition coefficient (Wildman–Crippen LogP) is 3.89. The molecule has 0 N–H and O–H groups in total. The van der Waals surface area contributed by atoms with Crippen LogP contribution in [-0.4, -0.2) is 20.0 Å². The largest absolute Gasteiger partial charge is 0.487 e. The first-order valence-corrected chi connectivity index (χ1v) is 6.78. The van der Waals surface area contributed by atoms with E-state index in [1.807, 2.05) is 0 Å². The lowest BCUT2D eigenvalue weighted by Crippen LogP contribution is -2.12. The standard InChI is InChI=1S/C13H16BrFO3/c1-16-8-17-13-10(14)6-7-11(12(13)15)18-9-4-2-3-5-9/h6-7,9H,2-5,8H2,1H3. The van der Waals surface area contributed by atoms with Crippen molar-refractivity contribution in [1.82, 2.24) is 0 Å². The molecule has 1 saturated carbocycles. The van der Waals surface area contributed by atoms with Crippen LogP contribution in [0.2, 0.25) is 0 Å². The molecule has 1 aliphatic rings. The van der Waals surface area contributed by atoms with E-state index in [1.54, 1.807) is 12.1 Å². The molecule has 5 heteroatoms. The van der Waals surface area contributed by atoms with Crippen LogP contribution in [-0.2, 0) is 4.74 Å². The molecule has 0 aromatic heterocycles. The van der Waals surface area contributed by atoms with Gasteiger partial charge in [0.2, 0.25) is 5.82 Å². The molecular formula is C13H16BrFO3. The van der Waals surface area contributed by atoms with Gasteiger partial charge in [-0.15, -0.1) is 0 Å². The van der Waals surface area contributed by atoms with Crippen LogP contribution in [0, 0.1) is 5.82 Å². The summed E-state index contributed by atoms with van der Waals surface area (Å²) in [5.41, 5.74) is 0. The average molecular weight is 319 g/mol. The Labute approximate surface area is 114 Å². The van der Waals surface area contributed by atoms with Gasteiger partial charge in [-0.25, -0.2) is 0 Å². The summed E-state index contributed by atoms with van der Waals surface area (Å²) < 4.78 is 30.4. The molecule has 0 spiro atoms. The Balaban J connectivity index is 2.14. The molecule has 0 aliphatic heterocycles. The third kappa shape index (κ3) is 3.14. The van der Waals surface area contributed by atoms with Crippen molar-refractivity contribution < 1.29 is 18.6 Å². The molecule has 0 unspecified atom stereocenters. The molecule has 3 nitrogen and oxygen atoms in total. The summed E-state index contributed by atoms with van der Waals surface area (Å²) in [7, 11) is 1.49. The Bertz CT molecular complexity index is 405. The van der Waals surface area contributed by atoms with Crippen LogP contribution in [0.3, 0.4) is 0 Å². The van der Waals surface area contributed by atoms with Gasteiger partial charge in [-0.1, -0.05) is 0 Å². The van der Waals surface area contributed by atoms with Crippen LogP contribution in [0.15, 0.2) is 16.6 Å². The number of benzene rings is 1. The van der Waals surface area contributed by atoms with E-state index in [9.17, 15) is 4.39 Å². The fourth-order valence-corrected chi connectivity index (χ4v) is 2.46. The highest BCUT2D eigenvalue weighted by atomic mass is 79.9. The van der Waals surface area contributed by atoms with E-state index in [-0.39, 0.29) is 24.4 Å². The highest BCUT2D eigenvalue weighted by molar-refractivity contribution is 9.10.